The monoisotopic (exact) mass is 326 g/mol. The highest BCUT2D eigenvalue weighted by Crippen LogP contribution is 2.26. The number of esters is 1. The summed E-state index contributed by atoms with van der Waals surface area (Å²) in [6.45, 7) is 3.05. The molecule has 1 heterocycles. The van der Waals surface area contributed by atoms with E-state index < -0.39 is 6.09 Å². The van der Waals surface area contributed by atoms with Crippen molar-refractivity contribution in [2.75, 3.05) is 25.0 Å². The smallest absolute Gasteiger partial charge is 0.407 e. The van der Waals surface area contributed by atoms with Crippen molar-refractivity contribution < 1.29 is 19.4 Å². The first-order chi connectivity index (χ1) is 10.5. The molecule has 0 saturated carbocycles. The molecule has 1 saturated heterocycles. The number of piperidine rings is 1. The molecule has 0 radical (unpaired) electrons. The fraction of sp³-hybridized carbons (Fsp3) is 0.467. The molecule has 7 heteroatoms. The van der Waals surface area contributed by atoms with Crippen molar-refractivity contribution in [3.63, 3.8) is 0 Å². The Labute approximate surface area is 134 Å². The van der Waals surface area contributed by atoms with E-state index in [1.165, 1.54) is 4.90 Å². The molecule has 120 valence electrons. The molecule has 1 amide bonds. The van der Waals surface area contributed by atoms with Gasteiger partial charge in [-0.25, -0.2) is 9.59 Å². The lowest BCUT2D eigenvalue weighted by Gasteiger charge is -2.31. The number of hydrogen-bond acceptors (Lipinski definition) is 4. The van der Waals surface area contributed by atoms with Crippen LogP contribution in [0.2, 0.25) is 5.02 Å². The molecule has 0 aromatic heterocycles. The number of carbonyl (C=O) groups excluding carboxylic acids is 1. The minimum absolute atomic E-state index is 0.130. The van der Waals surface area contributed by atoms with Crippen molar-refractivity contribution in [2.45, 2.75) is 25.8 Å². The van der Waals surface area contributed by atoms with Crippen molar-refractivity contribution in [1.29, 1.82) is 0 Å². The fourth-order valence-corrected chi connectivity index (χ4v) is 2.58. The summed E-state index contributed by atoms with van der Waals surface area (Å²) in [7, 11) is 0. The predicted molar refractivity (Wildman–Crippen MR) is 83.7 cm³/mol. The van der Waals surface area contributed by atoms with Gasteiger partial charge in [-0.15, -0.1) is 0 Å². The van der Waals surface area contributed by atoms with Crippen molar-refractivity contribution in [3.05, 3.63) is 28.8 Å². The van der Waals surface area contributed by atoms with Gasteiger partial charge in [0.25, 0.3) is 0 Å². The molecule has 0 aliphatic carbocycles. The van der Waals surface area contributed by atoms with Crippen molar-refractivity contribution in [3.8, 4) is 0 Å². The van der Waals surface area contributed by atoms with Crippen LogP contribution in [0, 0.1) is 0 Å². The Bertz CT molecular complexity index is 556. The Morgan fingerprint density at radius 1 is 1.41 bits per heavy atom. The molecular formula is C15H19ClN2O4. The van der Waals surface area contributed by atoms with Gasteiger partial charge in [0.05, 0.1) is 22.9 Å². The lowest BCUT2D eigenvalue weighted by Crippen LogP contribution is -2.41. The van der Waals surface area contributed by atoms with Crippen LogP contribution in [0.1, 0.15) is 30.1 Å². The van der Waals surface area contributed by atoms with Gasteiger partial charge < -0.3 is 20.1 Å². The molecule has 0 atom stereocenters. The number of carbonyl (C=O) groups is 2. The maximum atomic E-state index is 11.8. The Kier molecular flexibility index (Phi) is 5.49. The summed E-state index contributed by atoms with van der Waals surface area (Å²) in [5.41, 5.74) is 1.11. The van der Waals surface area contributed by atoms with E-state index in [2.05, 4.69) is 5.32 Å². The number of carboxylic acid groups (broad SMARTS) is 1. The van der Waals surface area contributed by atoms with Gasteiger partial charge in [-0.2, -0.15) is 0 Å². The van der Waals surface area contributed by atoms with Crippen LogP contribution in [0.3, 0.4) is 0 Å². The maximum absolute atomic E-state index is 11.8. The Hall–Kier alpha value is -1.95. The Morgan fingerprint density at radius 2 is 2.09 bits per heavy atom. The van der Waals surface area contributed by atoms with Gasteiger partial charge in [0.2, 0.25) is 0 Å². The number of anilines is 1. The summed E-state index contributed by atoms with van der Waals surface area (Å²) >= 11 is 6.16. The number of hydrogen-bond donors (Lipinski definition) is 2. The van der Waals surface area contributed by atoms with Crippen molar-refractivity contribution in [2.24, 2.45) is 0 Å². The van der Waals surface area contributed by atoms with E-state index in [0.717, 1.165) is 0 Å². The molecule has 6 nitrogen and oxygen atoms in total. The topological polar surface area (TPSA) is 78.9 Å². The van der Waals surface area contributed by atoms with E-state index in [4.69, 9.17) is 21.4 Å². The Morgan fingerprint density at radius 3 is 2.68 bits per heavy atom. The minimum Gasteiger partial charge on any atom is -0.465 e. The SMILES string of the molecule is CCOC(=O)c1ccc(Cl)c(NC2CCN(C(=O)O)CC2)c1. The maximum Gasteiger partial charge on any atom is 0.407 e. The molecule has 22 heavy (non-hydrogen) atoms. The van der Waals surface area contributed by atoms with Crippen LogP contribution in [-0.2, 0) is 4.74 Å². The van der Waals surface area contributed by atoms with Gasteiger partial charge in [0.15, 0.2) is 0 Å². The summed E-state index contributed by atoms with van der Waals surface area (Å²) in [4.78, 5) is 24.0. The van der Waals surface area contributed by atoms with E-state index in [9.17, 15) is 9.59 Å². The summed E-state index contributed by atoms with van der Waals surface area (Å²) in [6.07, 6.45) is 0.513. The van der Waals surface area contributed by atoms with Crippen LogP contribution in [0.4, 0.5) is 10.5 Å². The first kappa shape index (κ1) is 16.4. The van der Waals surface area contributed by atoms with Crippen LogP contribution in [0.25, 0.3) is 0 Å². The zero-order valence-electron chi connectivity index (χ0n) is 12.3. The number of nitrogens with zero attached hydrogens (tertiary/aromatic N) is 1. The van der Waals surface area contributed by atoms with E-state index in [0.29, 0.717) is 48.8 Å². The lowest BCUT2D eigenvalue weighted by atomic mass is 10.0. The molecule has 2 rings (SSSR count). The molecule has 1 aromatic rings. The fourth-order valence-electron chi connectivity index (χ4n) is 2.41. The van der Waals surface area contributed by atoms with Crippen LogP contribution in [-0.4, -0.2) is 47.8 Å². The number of benzene rings is 1. The molecule has 1 fully saturated rings. The van der Waals surface area contributed by atoms with Crippen LogP contribution in [0.15, 0.2) is 18.2 Å². The highest BCUT2D eigenvalue weighted by atomic mass is 35.5. The normalized spacial score (nSPS) is 15.5. The van der Waals surface area contributed by atoms with Gasteiger partial charge >= 0.3 is 12.1 Å². The third-order valence-corrected chi connectivity index (χ3v) is 3.93. The first-order valence-electron chi connectivity index (χ1n) is 7.22. The second-order valence-electron chi connectivity index (χ2n) is 5.10. The molecule has 0 spiro atoms. The van der Waals surface area contributed by atoms with Gasteiger partial charge in [0, 0.05) is 19.1 Å². The molecule has 0 unspecified atom stereocenters. The quantitative estimate of drug-likeness (QED) is 0.831. The standard InChI is InChI=1S/C15H19ClN2O4/c1-2-22-14(19)10-3-4-12(16)13(9-10)17-11-5-7-18(8-6-11)15(20)21/h3-4,9,11,17H,2,5-8H2,1H3,(H,20,21). The highest BCUT2D eigenvalue weighted by molar-refractivity contribution is 6.33. The van der Waals surface area contributed by atoms with E-state index in [-0.39, 0.29) is 12.0 Å². The number of ether oxygens (including phenoxy) is 1. The zero-order chi connectivity index (χ0) is 16.1. The summed E-state index contributed by atoms with van der Waals surface area (Å²) < 4.78 is 4.97. The van der Waals surface area contributed by atoms with Crippen molar-refractivity contribution in [1.82, 2.24) is 4.90 Å². The largest absolute Gasteiger partial charge is 0.465 e. The molecule has 0 bridgehead atoms. The molecular weight excluding hydrogens is 308 g/mol. The van der Waals surface area contributed by atoms with E-state index in [1.807, 2.05) is 0 Å². The predicted octanol–water partition coefficient (Wildman–Crippen LogP) is 3.07. The summed E-state index contributed by atoms with van der Waals surface area (Å²) in [5.74, 6) is -0.386. The number of likely N-dealkylation sites (tertiary alicyclic amines) is 1. The van der Waals surface area contributed by atoms with Gasteiger partial charge in [0.1, 0.15) is 0 Å². The van der Waals surface area contributed by atoms with E-state index in [1.54, 1.807) is 25.1 Å². The summed E-state index contributed by atoms with van der Waals surface area (Å²) in [6, 6.07) is 5.08. The average molecular weight is 327 g/mol. The highest BCUT2D eigenvalue weighted by Gasteiger charge is 2.22. The lowest BCUT2D eigenvalue weighted by molar-refractivity contribution is 0.0526. The van der Waals surface area contributed by atoms with Crippen LogP contribution >= 0.6 is 11.6 Å². The average Bonchev–Trinajstić information content (AvgIpc) is 2.50. The van der Waals surface area contributed by atoms with E-state index >= 15 is 0 Å². The first-order valence-corrected chi connectivity index (χ1v) is 7.60. The number of amides is 1. The Balaban J connectivity index is 2.02. The minimum atomic E-state index is -0.888. The third-order valence-electron chi connectivity index (χ3n) is 3.60. The van der Waals surface area contributed by atoms with Crippen LogP contribution < -0.4 is 5.32 Å². The molecule has 1 aliphatic heterocycles. The molecule has 2 N–H and O–H groups in total. The molecule has 1 aromatic carbocycles. The number of rotatable bonds is 4. The van der Waals surface area contributed by atoms with Gasteiger partial charge in [-0.3, -0.25) is 0 Å². The van der Waals surface area contributed by atoms with Gasteiger partial charge in [-0.05, 0) is 38.0 Å². The molecule has 1 aliphatic rings. The third kappa shape index (κ3) is 4.04. The second-order valence-corrected chi connectivity index (χ2v) is 5.51. The van der Waals surface area contributed by atoms with Crippen molar-refractivity contribution >= 4 is 29.4 Å². The zero-order valence-corrected chi connectivity index (χ0v) is 13.1. The summed E-state index contributed by atoms with van der Waals surface area (Å²) in [5, 5.41) is 12.7. The van der Waals surface area contributed by atoms with Gasteiger partial charge in [-0.1, -0.05) is 11.6 Å². The second kappa shape index (κ2) is 7.35. The van der Waals surface area contributed by atoms with Crippen LogP contribution in [0.5, 0.6) is 0 Å². The number of nitrogens with one attached hydrogen (secondary N) is 1. The number of halogens is 1.